The Bertz CT molecular complexity index is 548. The fourth-order valence-corrected chi connectivity index (χ4v) is 2.89. The third-order valence-electron chi connectivity index (χ3n) is 4.48. The summed E-state index contributed by atoms with van der Waals surface area (Å²) in [6.45, 7) is 2.36. The Hall–Kier alpha value is -2.15. The van der Waals surface area contributed by atoms with E-state index in [0.29, 0.717) is 35.4 Å². The number of methoxy groups -OCH3 is 3. The highest BCUT2D eigenvalue weighted by Gasteiger charge is 2.18. The lowest BCUT2D eigenvalue weighted by atomic mass is 9.96. The van der Waals surface area contributed by atoms with Crippen LogP contribution in [-0.4, -0.2) is 59.1 Å². The van der Waals surface area contributed by atoms with Crippen LogP contribution in [0.2, 0.25) is 0 Å². The highest BCUT2D eigenvalue weighted by Crippen LogP contribution is 2.39. The Labute approximate surface area is 149 Å². The van der Waals surface area contributed by atoms with Gasteiger partial charge in [-0.3, -0.25) is 0 Å². The van der Waals surface area contributed by atoms with Crippen molar-refractivity contribution in [1.29, 1.82) is 0 Å². The largest absolute Gasteiger partial charge is 0.493 e. The lowest BCUT2D eigenvalue weighted by molar-refractivity contribution is 0.0621. The standard InChI is InChI=1S/C18H28N2O5/c1-20(8-5-13-6-9-25-10-7-13)18(21)19-14-11-15(22-2)17(24-4)16(12-14)23-3/h11-13H,5-10H2,1-4H3,(H,19,21). The second-order valence-corrected chi connectivity index (χ2v) is 6.11. The number of amides is 2. The maximum atomic E-state index is 12.4. The molecule has 1 aliphatic rings. The summed E-state index contributed by atoms with van der Waals surface area (Å²) in [5.41, 5.74) is 0.595. The maximum absolute atomic E-state index is 12.4. The van der Waals surface area contributed by atoms with Gasteiger partial charge < -0.3 is 29.2 Å². The van der Waals surface area contributed by atoms with E-state index in [-0.39, 0.29) is 6.03 Å². The molecule has 0 bridgehead atoms. The smallest absolute Gasteiger partial charge is 0.321 e. The molecule has 0 radical (unpaired) electrons. The van der Waals surface area contributed by atoms with Gasteiger partial charge in [0.1, 0.15) is 0 Å². The van der Waals surface area contributed by atoms with Crippen molar-refractivity contribution in [2.75, 3.05) is 53.5 Å². The molecule has 0 spiro atoms. The first-order valence-corrected chi connectivity index (χ1v) is 8.49. The van der Waals surface area contributed by atoms with Crippen molar-refractivity contribution in [1.82, 2.24) is 4.90 Å². The SMILES string of the molecule is COc1cc(NC(=O)N(C)CCC2CCOCC2)cc(OC)c1OC. The summed E-state index contributed by atoms with van der Waals surface area (Å²) in [4.78, 5) is 14.1. The van der Waals surface area contributed by atoms with Crippen molar-refractivity contribution in [3.05, 3.63) is 12.1 Å². The van der Waals surface area contributed by atoms with Gasteiger partial charge in [-0.25, -0.2) is 4.79 Å². The van der Waals surface area contributed by atoms with Crippen molar-refractivity contribution in [2.24, 2.45) is 5.92 Å². The molecule has 0 atom stereocenters. The van der Waals surface area contributed by atoms with E-state index in [1.807, 2.05) is 0 Å². The van der Waals surface area contributed by atoms with E-state index in [1.54, 1.807) is 45.4 Å². The third-order valence-corrected chi connectivity index (χ3v) is 4.48. The van der Waals surface area contributed by atoms with Crippen molar-refractivity contribution in [2.45, 2.75) is 19.3 Å². The highest BCUT2D eigenvalue weighted by molar-refractivity contribution is 5.90. The summed E-state index contributed by atoms with van der Waals surface area (Å²) < 4.78 is 21.3. The Morgan fingerprint density at radius 1 is 1.16 bits per heavy atom. The maximum Gasteiger partial charge on any atom is 0.321 e. The lowest BCUT2D eigenvalue weighted by Crippen LogP contribution is -2.33. The number of hydrogen-bond donors (Lipinski definition) is 1. The molecule has 1 aliphatic heterocycles. The van der Waals surface area contributed by atoms with Crippen molar-refractivity contribution < 1.29 is 23.7 Å². The van der Waals surface area contributed by atoms with E-state index < -0.39 is 0 Å². The van der Waals surface area contributed by atoms with Crippen LogP contribution in [0.3, 0.4) is 0 Å². The molecule has 7 heteroatoms. The molecule has 1 heterocycles. The fourth-order valence-electron chi connectivity index (χ4n) is 2.89. The van der Waals surface area contributed by atoms with Crippen LogP contribution >= 0.6 is 0 Å². The monoisotopic (exact) mass is 352 g/mol. The lowest BCUT2D eigenvalue weighted by Gasteiger charge is -2.25. The Balaban J connectivity index is 1.96. The number of carbonyl (C=O) groups is 1. The molecule has 25 heavy (non-hydrogen) atoms. The van der Waals surface area contributed by atoms with Gasteiger partial charge in [-0.2, -0.15) is 0 Å². The number of rotatable bonds is 7. The second-order valence-electron chi connectivity index (χ2n) is 6.11. The van der Waals surface area contributed by atoms with Crippen LogP contribution in [0.25, 0.3) is 0 Å². The predicted molar refractivity (Wildman–Crippen MR) is 95.9 cm³/mol. The van der Waals surface area contributed by atoms with Crippen LogP contribution in [0.15, 0.2) is 12.1 Å². The van der Waals surface area contributed by atoms with Gasteiger partial charge in [-0.1, -0.05) is 0 Å². The molecular formula is C18H28N2O5. The van der Waals surface area contributed by atoms with Crippen LogP contribution in [0.4, 0.5) is 10.5 Å². The Kier molecular flexibility index (Phi) is 7.18. The molecule has 0 unspecified atom stereocenters. The minimum atomic E-state index is -0.165. The first-order valence-electron chi connectivity index (χ1n) is 8.49. The number of benzene rings is 1. The molecule has 1 aromatic rings. The molecule has 1 saturated heterocycles. The van der Waals surface area contributed by atoms with Gasteiger partial charge in [0.05, 0.1) is 27.0 Å². The van der Waals surface area contributed by atoms with E-state index in [4.69, 9.17) is 18.9 Å². The zero-order valence-electron chi connectivity index (χ0n) is 15.5. The zero-order valence-corrected chi connectivity index (χ0v) is 15.5. The number of nitrogens with one attached hydrogen (secondary N) is 1. The molecule has 1 fully saturated rings. The van der Waals surface area contributed by atoms with Gasteiger partial charge in [-0.15, -0.1) is 0 Å². The molecule has 0 aromatic heterocycles. The number of urea groups is 1. The molecule has 0 saturated carbocycles. The minimum Gasteiger partial charge on any atom is -0.493 e. The average Bonchev–Trinajstić information content (AvgIpc) is 2.65. The molecule has 2 rings (SSSR count). The number of ether oxygens (including phenoxy) is 4. The summed E-state index contributed by atoms with van der Waals surface area (Å²) in [5, 5.41) is 2.88. The van der Waals surface area contributed by atoms with Crippen LogP contribution in [0.1, 0.15) is 19.3 Å². The number of anilines is 1. The van der Waals surface area contributed by atoms with Gasteiger partial charge >= 0.3 is 6.03 Å². The molecule has 0 aliphatic carbocycles. The van der Waals surface area contributed by atoms with Crippen LogP contribution in [0, 0.1) is 5.92 Å². The van der Waals surface area contributed by atoms with E-state index in [0.717, 1.165) is 32.5 Å². The molecule has 140 valence electrons. The zero-order chi connectivity index (χ0) is 18.2. The fraction of sp³-hybridized carbons (Fsp3) is 0.611. The minimum absolute atomic E-state index is 0.165. The normalized spacial score (nSPS) is 14.7. The Morgan fingerprint density at radius 2 is 1.76 bits per heavy atom. The van der Waals surface area contributed by atoms with Crippen molar-refractivity contribution in [3.63, 3.8) is 0 Å². The van der Waals surface area contributed by atoms with E-state index in [1.165, 1.54) is 0 Å². The second kappa shape index (κ2) is 9.36. The summed E-state index contributed by atoms with van der Waals surface area (Å²) in [6.07, 6.45) is 3.13. The van der Waals surface area contributed by atoms with Gasteiger partial charge in [0.25, 0.3) is 0 Å². The Morgan fingerprint density at radius 3 is 2.28 bits per heavy atom. The topological polar surface area (TPSA) is 69.3 Å². The summed E-state index contributed by atoms with van der Waals surface area (Å²) in [7, 11) is 6.43. The van der Waals surface area contributed by atoms with Crippen molar-refractivity contribution >= 4 is 11.7 Å². The molecular weight excluding hydrogens is 324 g/mol. The third kappa shape index (κ3) is 5.16. The number of carbonyl (C=O) groups excluding carboxylic acids is 1. The first kappa shape index (κ1) is 19.2. The summed E-state index contributed by atoms with van der Waals surface area (Å²) >= 11 is 0. The van der Waals surface area contributed by atoms with Gasteiger partial charge in [-0.05, 0) is 25.2 Å². The van der Waals surface area contributed by atoms with Gasteiger partial charge in [0, 0.05) is 38.9 Å². The van der Waals surface area contributed by atoms with Crippen LogP contribution in [-0.2, 0) is 4.74 Å². The number of hydrogen-bond acceptors (Lipinski definition) is 5. The van der Waals surface area contributed by atoms with Crippen LogP contribution in [0.5, 0.6) is 17.2 Å². The van der Waals surface area contributed by atoms with E-state index >= 15 is 0 Å². The average molecular weight is 352 g/mol. The molecule has 1 aromatic carbocycles. The van der Waals surface area contributed by atoms with Crippen molar-refractivity contribution in [3.8, 4) is 17.2 Å². The first-order chi connectivity index (χ1) is 12.1. The number of nitrogens with zero attached hydrogens (tertiary/aromatic N) is 1. The van der Waals surface area contributed by atoms with Gasteiger partial charge in [0.2, 0.25) is 5.75 Å². The van der Waals surface area contributed by atoms with Crippen LogP contribution < -0.4 is 19.5 Å². The van der Waals surface area contributed by atoms with E-state index in [2.05, 4.69) is 5.32 Å². The quantitative estimate of drug-likeness (QED) is 0.817. The predicted octanol–water partition coefficient (Wildman–Crippen LogP) is 2.99. The van der Waals surface area contributed by atoms with E-state index in [9.17, 15) is 4.79 Å². The summed E-state index contributed by atoms with van der Waals surface area (Å²) in [5.74, 6) is 2.13. The molecule has 1 N–H and O–H groups in total. The summed E-state index contributed by atoms with van der Waals surface area (Å²) in [6, 6.07) is 3.26. The molecule has 2 amide bonds. The molecule has 7 nitrogen and oxygen atoms in total. The van der Waals surface area contributed by atoms with Gasteiger partial charge in [0.15, 0.2) is 11.5 Å². The highest BCUT2D eigenvalue weighted by atomic mass is 16.5.